The van der Waals surface area contributed by atoms with Crippen molar-refractivity contribution >= 4 is 54.2 Å². The van der Waals surface area contributed by atoms with Gasteiger partial charge in [-0.1, -0.05) is 44.2 Å². The number of amides is 1. The lowest BCUT2D eigenvalue weighted by molar-refractivity contribution is -0.118. The minimum Gasteiger partial charge on any atom is -0.302 e. The topological polar surface area (TPSA) is 70.6 Å². The zero-order chi connectivity index (χ0) is 24.0. The van der Waals surface area contributed by atoms with Crippen LogP contribution in [0.1, 0.15) is 26.3 Å². The fourth-order valence-electron chi connectivity index (χ4n) is 3.49. The highest BCUT2D eigenvalue weighted by Crippen LogP contribution is 2.31. The number of anilines is 1. The smallest absolute Gasteiger partial charge is 0.233 e. The summed E-state index contributed by atoms with van der Waals surface area (Å²) < 4.78 is 24.7. The first kappa shape index (κ1) is 25.7. The number of likely N-dealkylation sites (N-methyl/N-ethyl adjacent to an activating group) is 1. The van der Waals surface area contributed by atoms with Gasteiger partial charge in [-0.2, -0.15) is 0 Å². The number of aromatic nitrogens is 1. The van der Waals surface area contributed by atoms with Crippen molar-refractivity contribution in [3.05, 3.63) is 48.0 Å². The number of nitrogens with zero attached hydrogens (tertiary/aromatic N) is 3. The molecule has 1 amide bonds. The van der Waals surface area contributed by atoms with Gasteiger partial charge in [0, 0.05) is 24.2 Å². The highest BCUT2D eigenvalue weighted by Gasteiger charge is 2.21. The van der Waals surface area contributed by atoms with Gasteiger partial charge in [0.2, 0.25) is 5.91 Å². The van der Waals surface area contributed by atoms with E-state index < -0.39 is 9.84 Å². The number of benzene rings is 2. The molecule has 1 heterocycles. The van der Waals surface area contributed by atoms with Crippen molar-refractivity contribution in [1.82, 2.24) is 9.88 Å². The van der Waals surface area contributed by atoms with E-state index in [1.807, 2.05) is 12.1 Å². The third-order valence-corrected chi connectivity index (χ3v) is 8.48. The van der Waals surface area contributed by atoms with Gasteiger partial charge < -0.3 is 4.90 Å². The summed E-state index contributed by atoms with van der Waals surface area (Å²) in [5.41, 5.74) is 1.66. The van der Waals surface area contributed by atoms with Crippen molar-refractivity contribution in [1.29, 1.82) is 0 Å². The Bertz CT molecular complexity index is 1190. The van der Waals surface area contributed by atoms with E-state index >= 15 is 0 Å². The fourth-order valence-corrected chi connectivity index (χ4v) is 5.92. The van der Waals surface area contributed by atoms with Crippen molar-refractivity contribution in [2.45, 2.75) is 37.0 Å². The summed E-state index contributed by atoms with van der Waals surface area (Å²) in [5, 5.41) is 0.603. The van der Waals surface area contributed by atoms with E-state index in [0.717, 1.165) is 35.7 Å². The molecule has 0 fully saturated rings. The molecule has 3 aromatic rings. The van der Waals surface area contributed by atoms with Gasteiger partial charge in [-0.3, -0.25) is 9.69 Å². The quantitative estimate of drug-likeness (QED) is 0.351. The Labute approximate surface area is 204 Å². The largest absolute Gasteiger partial charge is 0.302 e. The first-order chi connectivity index (χ1) is 15.7. The van der Waals surface area contributed by atoms with Crippen LogP contribution in [-0.2, 0) is 21.1 Å². The predicted octanol–water partition coefficient (Wildman–Crippen LogP) is 4.73. The van der Waals surface area contributed by atoms with Gasteiger partial charge in [-0.25, -0.2) is 13.4 Å². The Morgan fingerprint density at radius 1 is 1.03 bits per heavy atom. The first-order valence-electron chi connectivity index (χ1n) is 11.1. The maximum Gasteiger partial charge on any atom is 0.233 e. The number of carbonyl (C=O) groups excluding carboxylic acids is 1. The van der Waals surface area contributed by atoms with Crippen LogP contribution in [0.15, 0.2) is 52.3 Å². The molecular weight excluding hydrogens is 474 g/mol. The average Bonchev–Trinajstić information content (AvgIpc) is 3.20. The number of hydrogen-bond acceptors (Lipinski definition) is 7. The van der Waals surface area contributed by atoms with Crippen LogP contribution in [0.2, 0.25) is 0 Å². The van der Waals surface area contributed by atoms with Crippen LogP contribution < -0.4 is 4.90 Å². The maximum atomic E-state index is 13.4. The minimum absolute atomic E-state index is 0.0135. The molecule has 0 N–H and O–H groups in total. The summed E-state index contributed by atoms with van der Waals surface area (Å²) in [7, 11) is -3.31. The number of carbonyl (C=O) groups is 1. The van der Waals surface area contributed by atoms with Gasteiger partial charge in [0.25, 0.3) is 0 Å². The molecule has 0 aliphatic carbocycles. The van der Waals surface area contributed by atoms with Crippen LogP contribution in [0.4, 0.5) is 5.13 Å². The second-order valence-electron chi connectivity index (χ2n) is 7.72. The Morgan fingerprint density at radius 3 is 2.33 bits per heavy atom. The van der Waals surface area contributed by atoms with Gasteiger partial charge in [-0.05, 0) is 54.7 Å². The standard InChI is InChI=1S/C24H31N3O3S3/c1-5-26(6-2)14-15-27(23(28)16-18-8-10-19(11-9-18)31-7-3)24-25-21-13-12-20(33(4,29)30)17-22(21)32-24/h8-13,17H,5-7,14-16H2,1-4H3. The van der Waals surface area contributed by atoms with Crippen molar-refractivity contribution in [3.8, 4) is 0 Å². The van der Waals surface area contributed by atoms with Crippen LogP contribution in [-0.4, -0.2) is 62.4 Å². The van der Waals surface area contributed by atoms with E-state index in [0.29, 0.717) is 23.6 Å². The third kappa shape index (κ3) is 6.79. The molecule has 0 saturated carbocycles. The number of thioether (sulfide) groups is 1. The summed E-state index contributed by atoms with van der Waals surface area (Å²) in [6.07, 6.45) is 1.49. The fraction of sp³-hybridized carbons (Fsp3) is 0.417. The Morgan fingerprint density at radius 2 is 1.73 bits per heavy atom. The average molecular weight is 506 g/mol. The van der Waals surface area contributed by atoms with Crippen LogP contribution >= 0.6 is 23.1 Å². The predicted molar refractivity (Wildman–Crippen MR) is 139 cm³/mol. The zero-order valence-electron chi connectivity index (χ0n) is 19.6. The van der Waals surface area contributed by atoms with E-state index in [1.165, 1.54) is 22.5 Å². The normalized spacial score (nSPS) is 11.9. The van der Waals surface area contributed by atoms with E-state index in [-0.39, 0.29) is 10.8 Å². The molecule has 0 unspecified atom stereocenters. The number of fused-ring (bicyclic) bond motifs is 1. The molecule has 0 bridgehead atoms. The lowest BCUT2D eigenvalue weighted by atomic mass is 10.1. The molecule has 3 rings (SSSR count). The van der Waals surface area contributed by atoms with Crippen LogP contribution in [0, 0.1) is 0 Å². The SMILES string of the molecule is CCSc1ccc(CC(=O)N(CCN(CC)CC)c2nc3ccc(S(C)(=O)=O)cc3s2)cc1. The number of thiazole rings is 1. The molecular formula is C24H31N3O3S3. The van der Waals surface area contributed by atoms with Gasteiger partial charge in [0.1, 0.15) is 0 Å². The summed E-state index contributed by atoms with van der Waals surface area (Å²) in [5.74, 6) is 0.997. The summed E-state index contributed by atoms with van der Waals surface area (Å²) in [4.78, 5) is 23.5. The zero-order valence-corrected chi connectivity index (χ0v) is 22.0. The lowest BCUT2D eigenvalue weighted by Crippen LogP contribution is -2.39. The van der Waals surface area contributed by atoms with Gasteiger partial charge in [0.15, 0.2) is 15.0 Å². The molecule has 2 aromatic carbocycles. The van der Waals surface area contributed by atoms with Crippen molar-refractivity contribution < 1.29 is 13.2 Å². The molecule has 1 aromatic heterocycles. The maximum absolute atomic E-state index is 13.4. The third-order valence-electron chi connectivity index (χ3n) is 5.43. The van der Waals surface area contributed by atoms with Crippen LogP contribution in [0.3, 0.4) is 0 Å². The monoisotopic (exact) mass is 505 g/mol. The molecule has 0 saturated heterocycles. The Hall–Kier alpha value is -1.94. The van der Waals surface area contributed by atoms with E-state index in [1.54, 1.807) is 34.9 Å². The minimum atomic E-state index is -3.31. The molecule has 33 heavy (non-hydrogen) atoms. The number of hydrogen-bond donors (Lipinski definition) is 0. The molecule has 0 aliphatic rings. The Kier molecular flexibility index (Phi) is 8.92. The summed E-state index contributed by atoms with van der Waals surface area (Å²) >= 11 is 3.13. The first-order valence-corrected chi connectivity index (χ1v) is 14.8. The van der Waals surface area contributed by atoms with E-state index in [4.69, 9.17) is 0 Å². The van der Waals surface area contributed by atoms with Gasteiger partial charge in [0.05, 0.1) is 21.5 Å². The highest BCUT2D eigenvalue weighted by molar-refractivity contribution is 7.99. The molecule has 6 nitrogen and oxygen atoms in total. The van der Waals surface area contributed by atoms with Gasteiger partial charge in [-0.15, -0.1) is 11.8 Å². The highest BCUT2D eigenvalue weighted by atomic mass is 32.2. The van der Waals surface area contributed by atoms with Crippen molar-refractivity contribution in [2.24, 2.45) is 0 Å². The summed E-state index contributed by atoms with van der Waals surface area (Å²) in [6.45, 7) is 9.43. The molecule has 0 spiro atoms. The number of sulfone groups is 1. The number of rotatable bonds is 11. The second-order valence-corrected chi connectivity index (χ2v) is 12.1. The van der Waals surface area contributed by atoms with E-state index in [2.05, 4.69) is 42.8 Å². The molecule has 9 heteroatoms. The molecule has 0 aliphatic heterocycles. The Balaban J connectivity index is 1.89. The van der Waals surface area contributed by atoms with Gasteiger partial charge >= 0.3 is 0 Å². The van der Waals surface area contributed by atoms with Crippen molar-refractivity contribution in [3.63, 3.8) is 0 Å². The lowest BCUT2D eigenvalue weighted by Gasteiger charge is -2.24. The summed E-state index contributed by atoms with van der Waals surface area (Å²) in [6, 6.07) is 13.1. The van der Waals surface area contributed by atoms with Crippen molar-refractivity contribution in [2.75, 3.05) is 43.1 Å². The second kappa shape index (κ2) is 11.5. The van der Waals surface area contributed by atoms with Crippen LogP contribution in [0.25, 0.3) is 10.2 Å². The van der Waals surface area contributed by atoms with Crippen LogP contribution in [0.5, 0.6) is 0 Å². The van der Waals surface area contributed by atoms with E-state index in [9.17, 15) is 13.2 Å². The molecule has 178 valence electrons. The molecule has 0 radical (unpaired) electrons. The molecule has 0 atom stereocenters.